The molecule has 4 rings (SSSR count). The van der Waals surface area contributed by atoms with E-state index in [2.05, 4.69) is 19.2 Å². The van der Waals surface area contributed by atoms with Gasteiger partial charge >= 0.3 is 0 Å². The number of rotatable bonds is 4. The molecule has 4 aliphatic carbocycles. The van der Waals surface area contributed by atoms with Gasteiger partial charge in [0.15, 0.2) is 0 Å². The quantitative estimate of drug-likeness (QED) is 0.784. The zero-order chi connectivity index (χ0) is 14.8. The van der Waals surface area contributed by atoms with Crippen LogP contribution in [0.25, 0.3) is 0 Å². The monoisotopic (exact) mass is 301 g/mol. The van der Waals surface area contributed by atoms with Crippen molar-refractivity contribution >= 4 is 10.1 Å². The van der Waals surface area contributed by atoms with Gasteiger partial charge in [-0.3, -0.25) is 9.87 Å². The Labute approximate surface area is 122 Å². The Morgan fingerprint density at radius 3 is 2.10 bits per heavy atom. The Morgan fingerprint density at radius 1 is 1.15 bits per heavy atom. The summed E-state index contributed by atoms with van der Waals surface area (Å²) in [7, 11) is -4.01. The molecule has 0 radical (unpaired) electrons. The molecule has 0 spiro atoms. The van der Waals surface area contributed by atoms with Gasteiger partial charge in [0.2, 0.25) is 0 Å². The Hall–Kier alpha value is -0.130. The lowest BCUT2D eigenvalue weighted by molar-refractivity contribution is -0.119. The summed E-state index contributed by atoms with van der Waals surface area (Å²) >= 11 is 0. The third-order valence-corrected chi connectivity index (χ3v) is 6.99. The lowest BCUT2D eigenvalue weighted by atomic mass is 9.43. The maximum absolute atomic E-state index is 11.5. The Morgan fingerprint density at radius 2 is 1.70 bits per heavy atom. The summed E-state index contributed by atoms with van der Waals surface area (Å²) in [5.74, 6) is 0.715. The molecule has 2 N–H and O–H groups in total. The molecule has 4 nitrogen and oxygen atoms in total. The van der Waals surface area contributed by atoms with E-state index in [9.17, 15) is 13.0 Å². The largest absolute Gasteiger partial charge is 0.294 e. The molecule has 5 heteroatoms. The molecule has 4 bridgehead atoms. The van der Waals surface area contributed by atoms with E-state index in [1.54, 1.807) is 0 Å². The Bertz CT molecular complexity index is 497. The highest BCUT2D eigenvalue weighted by Gasteiger charge is 2.60. The second-order valence-corrected chi connectivity index (χ2v) is 10.1. The summed E-state index contributed by atoms with van der Waals surface area (Å²) < 4.78 is 32.5. The van der Waals surface area contributed by atoms with Gasteiger partial charge in [0.25, 0.3) is 10.1 Å². The fraction of sp³-hybridized carbons (Fsp3) is 1.00. The van der Waals surface area contributed by atoms with Crippen LogP contribution in [0.15, 0.2) is 0 Å². The van der Waals surface area contributed by atoms with E-state index in [4.69, 9.17) is 0 Å². The fourth-order valence-electron chi connectivity index (χ4n) is 6.34. The molecule has 4 saturated carbocycles. The minimum absolute atomic E-state index is 0.0839. The van der Waals surface area contributed by atoms with Crippen LogP contribution in [-0.4, -0.2) is 23.9 Å². The molecule has 0 aliphatic heterocycles. The maximum Gasteiger partial charge on any atom is 0.281 e. The van der Waals surface area contributed by atoms with Crippen LogP contribution in [0.4, 0.5) is 0 Å². The van der Waals surface area contributed by atoms with Crippen molar-refractivity contribution in [2.45, 2.75) is 76.6 Å². The van der Waals surface area contributed by atoms with E-state index in [0.717, 1.165) is 19.3 Å². The second kappa shape index (κ2) is 4.20. The number of hydrogen-bond acceptors (Lipinski definition) is 3. The van der Waals surface area contributed by atoms with E-state index in [1.165, 1.54) is 19.3 Å². The van der Waals surface area contributed by atoms with Gasteiger partial charge in [-0.25, -0.2) is 0 Å². The molecule has 3 unspecified atom stereocenters. The first-order valence-corrected chi connectivity index (χ1v) is 9.32. The zero-order valence-corrected chi connectivity index (χ0v) is 13.6. The molecule has 0 amide bonds. The normalized spacial score (nSPS) is 48.5. The van der Waals surface area contributed by atoms with Crippen molar-refractivity contribution in [3.8, 4) is 0 Å². The minimum atomic E-state index is -4.01. The van der Waals surface area contributed by atoms with Crippen LogP contribution in [0.2, 0.25) is 0 Å². The van der Waals surface area contributed by atoms with E-state index in [-0.39, 0.29) is 5.54 Å². The first kappa shape index (κ1) is 14.8. The van der Waals surface area contributed by atoms with E-state index >= 15 is 0 Å². The molecule has 0 heterocycles. The molecule has 0 saturated heterocycles. The van der Waals surface area contributed by atoms with Crippen molar-refractivity contribution in [1.82, 2.24) is 5.32 Å². The van der Waals surface area contributed by atoms with E-state index in [0.29, 0.717) is 23.2 Å². The van der Waals surface area contributed by atoms with Crippen molar-refractivity contribution in [2.75, 3.05) is 0 Å². The first-order valence-electron chi connectivity index (χ1n) is 7.81. The van der Waals surface area contributed by atoms with Gasteiger partial charge in [-0.1, -0.05) is 20.8 Å². The lowest BCUT2D eigenvalue weighted by Crippen LogP contribution is -2.66. The highest BCUT2D eigenvalue weighted by molar-refractivity contribution is 7.86. The van der Waals surface area contributed by atoms with Crippen molar-refractivity contribution < 1.29 is 13.0 Å². The van der Waals surface area contributed by atoms with Crippen LogP contribution in [0.5, 0.6) is 0 Å². The summed E-state index contributed by atoms with van der Waals surface area (Å²) in [6, 6.07) is 0. The summed E-state index contributed by atoms with van der Waals surface area (Å²) in [6.07, 6.45) is 7.44. The zero-order valence-electron chi connectivity index (χ0n) is 12.8. The lowest BCUT2D eigenvalue weighted by Gasteiger charge is -2.66. The molecule has 3 atom stereocenters. The molecule has 0 aromatic heterocycles. The Balaban J connectivity index is 1.89. The SMILES string of the molecule is CCC(NC12CC3CC(C)(CC(C)(C3)C1)C2)S(=O)(=O)O. The Kier molecular flexibility index (Phi) is 3.11. The van der Waals surface area contributed by atoms with Crippen LogP contribution in [0.1, 0.15) is 65.7 Å². The van der Waals surface area contributed by atoms with Gasteiger partial charge in [-0.05, 0) is 61.7 Å². The maximum atomic E-state index is 11.5. The predicted molar refractivity (Wildman–Crippen MR) is 78.9 cm³/mol. The summed E-state index contributed by atoms with van der Waals surface area (Å²) in [5, 5.41) is 2.55. The van der Waals surface area contributed by atoms with Crippen molar-refractivity contribution in [1.29, 1.82) is 0 Å². The van der Waals surface area contributed by atoms with Gasteiger partial charge < -0.3 is 0 Å². The average Bonchev–Trinajstić information content (AvgIpc) is 2.18. The second-order valence-electron chi connectivity index (χ2n) is 8.47. The van der Waals surface area contributed by atoms with Crippen LogP contribution in [0.3, 0.4) is 0 Å². The summed E-state index contributed by atoms with van der Waals surface area (Å²) in [6.45, 7) is 6.54. The molecule has 4 aliphatic rings. The number of nitrogens with one attached hydrogen (secondary N) is 1. The molecule has 20 heavy (non-hydrogen) atoms. The van der Waals surface area contributed by atoms with Crippen molar-refractivity contribution in [3.05, 3.63) is 0 Å². The summed E-state index contributed by atoms with van der Waals surface area (Å²) in [5.41, 5.74) is 0.608. The third kappa shape index (κ3) is 2.42. The number of hydrogen-bond donors (Lipinski definition) is 2. The molecule has 116 valence electrons. The standard InChI is InChI=1S/C15H27NO3S/c1-4-12(20(17,18)19)16-15-7-11-5-13(2,9-15)8-14(3,6-11)10-15/h11-12,16H,4-10H2,1-3H3,(H,17,18,19). The van der Waals surface area contributed by atoms with Gasteiger partial charge in [-0.2, -0.15) is 8.42 Å². The van der Waals surface area contributed by atoms with Gasteiger partial charge in [-0.15, -0.1) is 0 Å². The third-order valence-electron chi connectivity index (χ3n) is 5.82. The van der Waals surface area contributed by atoms with Crippen molar-refractivity contribution in [3.63, 3.8) is 0 Å². The molecular weight excluding hydrogens is 274 g/mol. The molecule has 4 fully saturated rings. The highest BCUT2D eigenvalue weighted by atomic mass is 32.2. The van der Waals surface area contributed by atoms with Crippen molar-refractivity contribution in [2.24, 2.45) is 16.7 Å². The van der Waals surface area contributed by atoms with Crippen LogP contribution < -0.4 is 5.32 Å². The van der Waals surface area contributed by atoms with Crippen LogP contribution >= 0.6 is 0 Å². The smallest absolute Gasteiger partial charge is 0.281 e. The van der Waals surface area contributed by atoms with Gasteiger partial charge in [0, 0.05) is 5.54 Å². The summed E-state index contributed by atoms with van der Waals surface area (Å²) in [4.78, 5) is 0. The van der Waals surface area contributed by atoms with E-state index in [1.807, 2.05) is 6.92 Å². The van der Waals surface area contributed by atoms with Gasteiger partial charge in [0.05, 0.1) is 0 Å². The first-order chi connectivity index (χ1) is 9.07. The van der Waals surface area contributed by atoms with Crippen LogP contribution in [0, 0.1) is 16.7 Å². The minimum Gasteiger partial charge on any atom is -0.294 e. The van der Waals surface area contributed by atoms with Gasteiger partial charge in [0.1, 0.15) is 5.37 Å². The molecule has 0 aromatic carbocycles. The van der Waals surface area contributed by atoms with E-state index < -0.39 is 15.5 Å². The predicted octanol–water partition coefficient (Wildman–Crippen LogP) is 2.95. The fourth-order valence-corrected chi connectivity index (χ4v) is 7.16. The average molecular weight is 301 g/mol. The molecule has 0 aromatic rings. The molecular formula is C15H27NO3S. The highest BCUT2D eigenvalue weighted by Crippen LogP contribution is 2.66. The van der Waals surface area contributed by atoms with Crippen LogP contribution in [-0.2, 0) is 10.1 Å². The topological polar surface area (TPSA) is 66.4 Å².